The summed E-state index contributed by atoms with van der Waals surface area (Å²) in [7, 11) is 0. The summed E-state index contributed by atoms with van der Waals surface area (Å²) >= 11 is 0. The van der Waals surface area contributed by atoms with Gasteiger partial charge in [-0.2, -0.15) is 0 Å². The van der Waals surface area contributed by atoms with E-state index in [9.17, 15) is 5.11 Å². The van der Waals surface area contributed by atoms with E-state index in [4.69, 9.17) is 9.84 Å². The molecule has 0 saturated heterocycles. The Balaban J connectivity index is 2.09. The van der Waals surface area contributed by atoms with Crippen LogP contribution in [0.25, 0.3) is 0 Å². The molecule has 0 saturated carbocycles. The van der Waals surface area contributed by atoms with Crippen LogP contribution < -0.4 is 0 Å². The molecule has 0 spiro atoms. The molecule has 0 radical (unpaired) electrons. The molecule has 90 valence electrons. The fourth-order valence-corrected chi connectivity index (χ4v) is 1.40. The Morgan fingerprint density at radius 2 is 1.94 bits per heavy atom. The number of aliphatic hydroxyl groups is 2. The van der Waals surface area contributed by atoms with E-state index < -0.39 is 5.60 Å². The Kier molecular flexibility index (Phi) is 5.46. The minimum atomic E-state index is -0.976. The molecule has 1 aromatic carbocycles. The Morgan fingerprint density at radius 1 is 1.25 bits per heavy atom. The molecule has 3 heteroatoms. The molecule has 0 aliphatic carbocycles. The fourth-order valence-electron chi connectivity index (χ4n) is 1.40. The van der Waals surface area contributed by atoms with Crippen LogP contribution in [0.2, 0.25) is 0 Å². The van der Waals surface area contributed by atoms with Crippen LogP contribution in [-0.2, 0) is 11.3 Å². The highest BCUT2D eigenvalue weighted by Crippen LogP contribution is 2.11. The number of aliphatic hydroxyl groups excluding tert-OH is 1. The summed E-state index contributed by atoms with van der Waals surface area (Å²) in [6.45, 7) is 2.63. The Labute approximate surface area is 96.7 Å². The number of rotatable bonds is 7. The molecule has 0 amide bonds. The largest absolute Gasteiger partial charge is 0.393 e. The van der Waals surface area contributed by atoms with E-state index in [1.54, 1.807) is 6.92 Å². The van der Waals surface area contributed by atoms with Crippen LogP contribution in [0.1, 0.15) is 25.3 Å². The van der Waals surface area contributed by atoms with Gasteiger partial charge in [-0.25, -0.2) is 0 Å². The molecule has 1 aromatic rings. The Bertz CT molecular complexity index is 282. The van der Waals surface area contributed by atoms with Gasteiger partial charge >= 0.3 is 0 Å². The Hall–Kier alpha value is -0.900. The maximum atomic E-state index is 9.53. The lowest BCUT2D eigenvalue weighted by Gasteiger charge is -2.19. The highest BCUT2D eigenvalue weighted by Gasteiger charge is 2.17. The number of hydrogen-bond acceptors (Lipinski definition) is 3. The van der Waals surface area contributed by atoms with Gasteiger partial charge in [0, 0.05) is 6.61 Å². The molecule has 1 rings (SSSR count). The molecule has 0 aliphatic heterocycles. The molecule has 0 heterocycles. The number of hydrogen-bond donors (Lipinski definition) is 2. The molecule has 0 aliphatic rings. The van der Waals surface area contributed by atoms with E-state index in [0.29, 0.717) is 19.6 Å². The summed E-state index contributed by atoms with van der Waals surface area (Å²) in [6.07, 6.45) is 1.30. The van der Waals surface area contributed by atoms with Gasteiger partial charge in [0.25, 0.3) is 0 Å². The number of ether oxygens (including phenoxy) is 1. The summed E-state index contributed by atoms with van der Waals surface area (Å²) in [5.41, 5.74) is 0.173. The van der Waals surface area contributed by atoms with Crippen molar-refractivity contribution in [1.29, 1.82) is 0 Å². The molecular formula is C13H20O3. The lowest BCUT2D eigenvalue weighted by molar-refractivity contribution is -0.0134. The van der Waals surface area contributed by atoms with E-state index >= 15 is 0 Å². The third-order valence-electron chi connectivity index (χ3n) is 2.46. The third-order valence-corrected chi connectivity index (χ3v) is 2.46. The maximum absolute atomic E-state index is 9.53. The lowest BCUT2D eigenvalue weighted by Crippen LogP contribution is -2.29. The van der Waals surface area contributed by atoms with Crippen molar-refractivity contribution < 1.29 is 14.9 Å². The van der Waals surface area contributed by atoms with Gasteiger partial charge in [0.2, 0.25) is 0 Å². The molecule has 1 atom stereocenters. The van der Waals surface area contributed by atoms with E-state index in [2.05, 4.69) is 0 Å². The van der Waals surface area contributed by atoms with E-state index in [0.717, 1.165) is 12.0 Å². The second-order valence-corrected chi connectivity index (χ2v) is 4.30. The van der Waals surface area contributed by atoms with Crippen molar-refractivity contribution in [2.45, 2.75) is 32.0 Å². The second kappa shape index (κ2) is 6.63. The predicted octanol–water partition coefficient (Wildman–Crippen LogP) is 1.73. The smallest absolute Gasteiger partial charge is 0.0850 e. The molecule has 0 aromatic heterocycles. The average Bonchev–Trinajstić information content (AvgIpc) is 2.30. The first-order valence-corrected chi connectivity index (χ1v) is 5.59. The monoisotopic (exact) mass is 224 g/mol. The van der Waals surface area contributed by atoms with Crippen LogP contribution in [0.4, 0.5) is 0 Å². The van der Waals surface area contributed by atoms with Crippen molar-refractivity contribution in [3.8, 4) is 0 Å². The van der Waals surface area contributed by atoms with Gasteiger partial charge in [-0.3, -0.25) is 0 Å². The first kappa shape index (κ1) is 13.2. The zero-order chi connectivity index (χ0) is 11.9. The normalized spacial score (nSPS) is 14.7. The zero-order valence-corrected chi connectivity index (χ0v) is 9.72. The second-order valence-electron chi connectivity index (χ2n) is 4.30. The number of benzene rings is 1. The quantitative estimate of drug-likeness (QED) is 0.693. The van der Waals surface area contributed by atoms with Gasteiger partial charge < -0.3 is 14.9 Å². The lowest BCUT2D eigenvalue weighted by atomic mass is 10.0. The van der Waals surface area contributed by atoms with Crippen molar-refractivity contribution in [1.82, 2.24) is 0 Å². The van der Waals surface area contributed by atoms with Crippen LogP contribution in [0.15, 0.2) is 30.3 Å². The van der Waals surface area contributed by atoms with Crippen molar-refractivity contribution in [2.24, 2.45) is 0 Å². The first-order chi connectivity index (χ1) is 7.64. The van der Waals surface area contributed by atoms with E-state index in [-0.39, 0.29) is 6.61 Å². The van der Waals surface area contributed by atoms with Crippen molar-refractivity contribution in [2.75, 3.05) is 13.2 Å². The average molecular weight is 224 g/mol. The zero-order valence-electron chi connectivity index (χ0n) is 9.72. The third kappa shape index (κ3) is 5.26. The molecule has 0 unspecified atom stereocenters. The van der Waals surface area contributed by atoms with E-state index in [1.807, 2.05) is 30.3 Å². The molecular weight excluding hydrogens is 204 g/mol. The van der Waals surface area contributed by atoms with Gasteiger partial charge in [-0.15, -0.1) is 0 Å². The van der Waals surface area contributed by atoms with Gasteiger partial charge in [-0.1, -0.05) is 30.3 Å². The van der Waals surface area contributed by atoms with Gasteiger partial charge in [-0.05, 0) is 25.3 Å². The van der Waals surface area contributed by atoms with Gasteiger partial charge in [0.15, 0.2) is 0 Å². The molecule has 16 heavy (non-hydrogen) atoms. The van der Waals surface area contributed by atoms with Crippen LogP contribution in [0, 0.1) is 0 Å². The summed E-state index contributed by atoms with van der Waals surface area (Å²) < 4.78 is 5.47. The maximum Gasteiger partial charge on any atom is 0.0850 e. The van der Waals surface area contributed by atoms with Crippen molar-refractivity contribution >= 4 is 0 Å². The molecule has 0 bridgehead atoms. The summed E-state index contributed by atoms with van der Waals surface area (Å²) in [5, 5.41) is 18.4. The summed E-state index contributed by atoms with van der Waals surface area (Å²) in [5.74, 6) is 0. The SMILES string of the molecule is C[C@](O)(CO)CCCOCc1ccccc1. The van der Waals surface area contributed by atoms with Crippen LogP contribution >= 0.6 is 0 Å². The molecule has 2 N–H and O–H groups in total. The standard InChI is InChI=1S/C13H20O3/c1-13(15,11-14)8-5-9-16-10-12-6-3-2-4-7-12/h2-4,6-7,14-15H,5,8-11H2,1H3/t13-/m1/s1. The summed E-state index contributed by atoms with van der Waals surface area (Å²) in [4.78, 5) is 0. The van der Waals surface area contributed by atoms with Crippen LogP contribution in [0.3, 0.4) is 0 Å². The Morgan fingerprint density at radius 3 is 2.56 bits per heavy atom. The van der Waals surface area contributed by atoms with Crippen LogP contribution in [-0.4, -0.2) is 29.0 Å². The van der Waals surface area contributed by atoms with E-state index in [1.165, 1.54) is 0 Å². The molecule has 3 nitrogen and oxygen atoms in total. The van der Waals surface area contributed by atoms with Gasteiger partial charge in [0.05, 0.1) is 18.8 Å². The highest BCUT2D eigenvalue weighted by atomic mass is 16.5. The van der Waals surface area contributed by atoms with Crippen molar-refractivity contribution in [3.05, 3.63) is 35.9 Å². The first-order valence-electron chi connectivity index (χ1n) is 5.59. The topological polar surface area (TPSA) is 49.7 Å². The van der Waals surface area contributed by atoms with Crippen molar-refractivity contribution in [3.63, 3.8) is 0 Å². The fraction of sp³-hybridized carbons (Fsp3) is 0.538. The predicted molar refractivity (Wildman–Crippen MR) is 63.0 cm³/mol. The summed E-state index contributed by atoms with van der Waals surface area (Å²) in [6, 6.07) is 9.97. The highest BCUT2D eigenvalue weighted by molar-refractivity contribution is 5.13. The molecule has 0 fully saturated rings. The van der Waals surface area contributed by atoms with Crippen LogP contribution in [0.5, 0.6) is 0 Å². The minimum absolute atomic E-state index is 0.203. The van der Waals surface area contributed by atoms with Gasteiger partial charge in [0.1, 0.15) is 0 Å². The minimum Gasteiger partial charge on any atom is -0.393 e.